The number of hydrogen-bond donors (Lipinski definition) is 1. The standard InChI is InChI=1S/C13H28N4/c1-6-15-13(2,12-14)8-11-17(5)10-7-9-16(3)4/h15H,6-11H2,1-5H3. The van der Waals surface area contributed by atoms with E-state index in [9.17, 15) is 0 Å². The van der Waals surface area contributed by atoms with Gasteiger partial charge in [0.1, 0.15) is 5.54 Å². The maximum absolute atomic E-state index is 9.14. The molecular formula is C13H28N4. The van der Waals surface area contributed by atoms with Crippen LogP contribution in [-0.4, -0.2) is 62.7 Å². The minimum atomic E-state index is -0.384. The lowest BCUT2D eigenvalue weighted by Gasteiger charge is -2.26. The molecule has 0 radical (unpaired) electrons. The van der Waals surface area contributed by atoms with Crippen molar-refractivity contribution >= 4 is 0 Å². The molecule has 17 heavy (non-hydrogen) atoms. The normalized spacial score (nSPS) is 14.9. The number of nitrogens with zero attached hydrogens (tertiary/aromatic N) is 3. The van der Waals surface area contributed by atoms with Crippen LogP contribution in [-0.2, 0) is 0 Å². The third kappa shape index (κ3) is 8.14. The van der Waals surface area contributed by atoms with Gasteiger partial charge in [0.25, 0.3) is 0 Å². The van der Waals surface area contributed by atoms with Crippen molar-refractivity contribution in [3.63, 3.8) is 0 Å². The molecule has 0 aliphatic heterocycles. The summed E-state index contributed by atoms with van der Waals surface area (Å²) in [7, 11) is 6.31. The van der Waals surface area contributed by atoms with Crippen LogP contribution < -0.4 is 5.32 Å². The van der Waals surface area contributed by atoms with Crippen molar-refractivity contribution in [1.29, 1.82) is 5.26 Å². The smallest absolute Gasteiger partial charge is 0.105 e. The van der Waals surface area contributed by atoms with Gasteiger partial charge in [-0.05, 0) is 60.5 Å². The molecule has 0 aromatic heterocycles. The van der Waals surface area contributed by atoms with E-state index in [1.54, 1.807) is 0 Å². The lowest BCUT2D eigenvalue weighted by atomic mass is 9.99. The van der Waals surface area contributed by atoms with Crippen LogP contribution in [0.1, 0.15) is 26.7 Å². The number of rotatable bonds is 9. The minimum Gasteiger partial charge on any atom is -0.309 e. The van der Waals surface area contributed by atoms with Gasteiger partial charge < -0.3 is 9.80 Å². The van der Waals surface area contributed by atoms with Crippen molar-refractivity contribution < 1.29 is 0 Å². The molecule has 0 spiro atoms. The summed E-state index contributed by atoms with van der Waals surface area (Å²) in [5.41, 5.74) is -0.384. The van der Waals surface area contributed by atoms with Gasteiger partial charge in [-0.15, -0.1) is 0 Å². The lowest BCUT2D eigenvalue weighted by molar-refractivity contribution is 0.272. The highest BCUT2D eigenvalue weighted by atomic mass is 15.1. The van der Waals surface area contributed by atoms with E-state index >= 15 is 0 Å². The molecule has 0 aromatic carbocycles. The number of hydrogen-bond acceptors (Lipinski definition) is 4. The van der Waals surface area contributed by atoms with E-state index in [0.29, 0.717) is 0 Å². The van der Waals surface area contributed by atoms with E-state index in [1.807, 2.05) is 13.8 Å². The van der Waals surface area contributed by atoms with E-state index in [2.05, 4.69) is 42.3 Å². The molecule has 0 heterocycles. The topological polar surface area (TPSA) is 42.3 Å². The average Bonchev–Trinajstić information content (AvgIpc) is 2.26. The Balaban J connectivity index is 3.82. The summed E-state index contributed by atoms with van der Waals surface area (Å²) in [5, 5.41) is 12.4. The highest BCUT2D eigenvalue weighted by Gasteiger charge is 2.22. The summed E-state index contributed by atoms with van der Waals surface area (Å²) in [6.45, 7) is 8.03. The van der Waals surface area contributed by atoms with E-state index in [-0.39, 0.29) is 5.54 Å². The van der Waals surface area contributed by atoms with Crippen molar-refractivity contribution in [3.05, 3.63) is 0 Å². The van der Waals surface area contributed by atoms with Crippen LogP contribution in [0.15, 0.2) is 0 Å². The quantitative estimate of drug-likeness (QED) is 0.656. The van der Waals surface area contributed by atoms with Crippen LogP contribution in [0.2, 0.25) is 0 Å². The van der Waals surface area contributed by atoms with Gasteiger partial charge in [0, 0.05) is 6.54 Å². The van der Waals surface area contributed by atoms with Crippen molar-refractivity contribution in [2.24, 2.45) is 0 Å². The molecule has 0 fully saturated rings. The molecule has 0 aliphatic rings. The SMILES string of the molecule is CCNC(C)(C#N)CCN(C)CCCN(C)C. The molecule has 1 N–H and O–H groups in total. The monoisotopic (exact) mass is 240 g/mol. The molecule has 100 valence electrons. The summed E-state index contributed by atoms with van der Waals surface area (Å²) < 4.78 is 0. The average molecular weight is 240 g/mol. The molecular weight excluding hydrogens is 212 g/mol. The fourth-order valence-electron chi connectivity index (χ4n) is 1.76. The first-order chi connectivity index (χ1) is 7.93. The number of nitriles is 1. The first-order valence-corrected chi connectivity index (χ1v) is 6.43. The highest BCUT2D eigenvalue weighted by molar-refractivity contribution is 5.03. The summed E-state index contributed by atoms with van der Waals surface area (Å²) in [4.78, 5) is 4.50. The zero-order chi connectivity index (χ0) is 13.3. The molecule has 1 atom stereocenters. The minimum absolute atomic E-state index is 0.384. The molecule has 0 rings (SSSR count). The Labute approximate surface area is 107 Å². The van der Waals surface area contributed by atoms with Crippen molar-refractivity contribution in [2.45, 2.75) is 32.2 Å². The Morgan fingerprint density at radius 3 is 2.29 bits per heavy atom. The van der Waals surface area contributed by atoms with Gasteiger partial charge in [0.15, 0.2) is 0 Å². The summed E-state index contributed by atoms with van der Waals surface area (Å²) in [6.07, 6.45) is 2.05. The largest absolute Gasteiger partial charge is 0.309 e. The fourth-order valence-corrected chi connectivity index (χ4v) is 1.76. The molecule has 1 unspecified atom stereocenters. The highest BCUT2D eigenvalue weighted by Crippen LogP contribution is 2.08. The number of nitrogens with one attached hydrogen (secondary N) is 1. The zero-order valence-corrected chi connectivity index (χ0v) is 12.1. The predicted octanol–water partition coefficient (Wildman–Crippen LogP) is 1.15. The second-order valence-electron chi connectivity index (χ2n) is 5.18. The second kappa shape index (κ2) is 8.46. The molecule has 4 nitrogen and oxygen atoms in total. The molecule has 0 aromatic rings. The zero-order valence-electron chi connectivity index (χ0n) is 12.1. The molecule has 0 saturated carbocycles. The Kier molecular flexibility index (Phi) is 8.15. The Morgan fingerprint density at radius 1 is 1.18 bits per heavy atom. The summed E-state index contributed by atoms with van der Waals surface area (Å²) in [5.74, 6) is 0. The van der Waals surface area contributed by atoms with Crippen LogP contribution >= 0.6 is 0 Å². The Morgan fingerprint density at radius 2 is 1.82 bits per heavy atom. The molecule has 0 amide bonds. The van der Waals surface area contributed by atoms with Gasteiger partial charge in [0.05, 0.1) is 6.07 Å². The molecule has 0 bridgehead atoms. The third-order valence-electron chi connectivity index (χ3n) is 2.95. The van der Waals surface area contributed by atoms with E-state index in [0.717, 1.165) is 32.6 Å². The van der Waals surface area contributed by atoms with Crippen LogP contribution in [0.3, 0.4) is 0 Å². The first kappa shape index (κ1) is 16.4. The van der Waals surface area contributed by atoms with Crippen molar-refractivity contribution in [3.8, 4) is 6.07 Å². The Bertz CT molecular complexity index is 234. The Hall–Kier alpha value is -0.630. The van der Waals surface area contributed by atoms with Crippen molar-refractivity contribution in [1.82, 2.24) is 15.1 Å². The first-order valence-electron chi connectivity index (χ1n) is 6.43. The summed E-state index contributed by atoms with van der Waals surface area (Å²) in [6, 6.07) is 2.36. The van der Waals surface area contributed by atoms with Crippen LogP contribution in [0, 0.1) is 11.3 Å². The van der Waals surface area contributed by atoms with E-state index in [1.165, 1.54) is 6.42 Å². The molecule has 0 aliphatic carbocycles. The van der Waals surface area contributed by atoms with Crippen LogP contribution in [0.25, 0.3) is 0 Å². The van der Waals surface area contributed by atoms with Gasteiger partial charge in [0.2, 0.25) is 0 Å². The van der Waals surface area contributed by atoms with Gasteiger partial charge >= 0.3 is 0 Å². The third-order valence-corrected chi connectivity index (χ3v) is 2.95. The van der Waals surface area contributed by atoms with Crippen LogP contribution in [0.5, 0.6) is 0 Å². The van der Waals surface area contributed by atoms with Gasteiger partial charge in [-0.25, -0.2) is 0 Å². The lowest BCUT2D eigenvalue weighted by Crippen LogP contribution is -2.43. The maximum atomic E-state index is 9.14. The van der Waals surface area contributed by atoms with Gasteiger partial charge in [-0.2, -0.15) is 5.26 Å². The van der Waals surface area contributed by atoms with Crippen LogP contribution in [0.4, 0.5) is 0 Å². The van der Waals surface area contributed by atoms with Gasteiger partial charge in [-0.3, -0.25) is 5.32 Å². The van der Waals surface area contributed by atoms with Crippen molar-refractivity contribution in [2.75, 3.05) is 47.3 Å². The van der Waals surface area contributed by atoms with E-state index < -0.39 is 0 Å². The maximum Gasteiger partial charge on any atom is 0.105 e. The molecule has 0 saturated heterocycles. The predicted molar refractivity (Wildman–Crippen MR) is 73.0 cm³/mol. The fraction of sp³-hybridized carbons (Fsp3) is 0.923. The second-order valence-corrected chi connectivity index (χ2v) is 5.18. The molecule has 4 heteroatoms. The van der Waals surface area contributed by atoms with Gasteiger partial charge in [-0.1, -0.05) is 6.92 Å². The van der Waals surface area contributed by atoms with E-state index in [4.69, 9.17) is 5.26 Å². The summed E-state index contributed by atoms with van der Waals surface area (Å²) >= 11 is 0.